The fourth-order valence-corrected chi connectivity index (χ4v) is 4.25. The molecule has 0 aromatic heterocycles. The summed E-state index contributed by atoms with van der Waals surface area (Å²) < 4.78 is 0. The Bertz CT molecular complexity index is 908. The van der Waals surface area contributed by atoms with E-state index in [9.17, 15) is 10.1 Å². The predicted octanol–water partition coefficient (Wildman–Crippen LogP) is 4.90. The second-order valence-electron chi connectivity index (χ2n) is 6.19. The molecule has 4 heteroatoms. The molecule has 0 amide bonds. The van der Waals surface area contributed by atoms with E-state index in [-0.39, 0.29) is 11.7 Å². The van der Waals surface area contributed by atoms with Crippen molar-refractivity contribution in [3.63, 3.8) is 0 Å². The number of Topliss-reactive ketones (excluding diaryl/α,β-unsaturated/α-hetero) is 1. The smallest absolute Gasteiger partial charge is 0.158 e. The van der Waals surface area contributed by atoms with Gasteiger partial charge in [0.15, 0.2) is 5.78 Å². The number of nitrogens with zero attached hydrogens (tertiary/aromatic N) is 1. The van der Waals surface area contributed by atoms with E-state index in [0.29, 0.717) is 11.1 Å². The highest BCUT2D eigenvalue weighted by atomic mass is 32.2. The molecule has 0 saturated heterocycles. The number of ketones is 1. The van der Waals surface area contributed by atoms with Crippen LogP contribution in [0.2, 0.25) is 0 Å². The van der Waals surface area contributed by atoms with E-state index in [1.807, 2.05) is 55.5 Å². The van der Waals surface area contributed by atoms with E-state index in [0.717, 1.165) is 22.0 Å². The Hall–Kier alpha value is -2.77. The fraction of sp³-hybridized carbons (Fsp3) is 0.182. The summed E-state index contributed by atoms with van der Waals surface area (Å²) in [7, 11) is 0. The lowest BCUT2D eigenvalue weighted by Gasteiger charge is -2.29. The van der Waals surface area contributed by atoms with Crippen LogP contribution in [-0.4, -0.2) is 5.78 Å². The number of nitrogens with one attached hydrogen (secondary N) is 1. The third-order valence-electron chi connectivity index (χ3n) is 4.39. The number of benzene rings is 2. The zero-order valence-corrected chi connectivity index (χ0v) is 15.6. The number of nitriles is 1. The fourth-order valence-electron chi connectivity index (χ4n) is 3.20. The molecule has 1 heterocycles. The summed E-state index contributed by atoms with van der Waals surface area (Å²) in [5, 5.41) is 14.0. The Morgan fingerprint density at radius 1 is 1.12 bits per heavy atom. The van der Waals surface area contributed by atoms with Crippen molar-refractivity contribution in [2.45, 2.75) is 25.5 Å². The number of dihydropyridines is 1. The minimum atomic E-state index is -0.321. The summed E-state index contributed by atoms with van der Waals surface area (Å²) in [5.41, 5.74) is 4.25. The summed E-state index contributed by atoms with van der Waals surface area (Å²) >= 11 is 1.60. The highest BCUT2D eigenvalue weighted by molar-refractivity contribution is 8.02. The molecule has 3 nitrogen and oxygen atoms in total. The van der Waals surface area contributed by atoms with Gasteiger partial charge in [-0.1, -0.05) is 60.7 Å². The molecule has 0 radical (unpaired) electrons. The van der Waals surface area contributed by atoms with Crippen LogP contribution in [-0.2, 0) is 10.5 Å². The highest BCUT2D eigenvalue weighted by Crippen LogP contribution is 2.41. The van der Waals surface area contributed by atoms with Gasteiger partial charge in [0.05, 0.1) is 22.6 Å². The van der Waals surface area contributed by atoms with Gasteiger partial charge in [-0.2, -0.15) is 5.26 Å². The van der Waals surface area contributed by atoms with Crippen LogP contribution in [0, 0.1) is 11.3 Å². The van der Waals surface area contributed by atoms with Gasteiger partial charge in [0.1, 0.15) is 0 Å². The third-order valence-corrected chi connectivity index (χ3v) is 5.47. The van der Waals surface area contributed by atoms with Gasteiger partial charge in [0, 0.05) is 17.0 Å². The first-order valence-electron chi connectivity index (χ1n) is 8.46. The summed E-state index contributed by atoms with van der Waals surface area (Å²) in [6, 6.07) is 22.3. The van der Waals surface area contributed by atoms with Crippen molar-refractivity contribution in [2.24, 2.45) is 0 Å². The van der Waals surface area contributed by atoms with Crippen molar-refractivity contribution >= 4 is 17.5 Å². The monoisotopic (exact) mass is 360 g/mol. The maximum atomic E-state index is 12.3. The second kappa shape index (κ2) is 8.07. The Morgan fingerprint density at radius 2 is 1.73 bits per heavy atom. The number of thioether (sulfide) groups is 1. The highest BCUT2D eigenvalue weighted by Gasteiger charge is 2.32. The SMILES string of the molecule is CC(=O)C1=C(C)NC(SCc2ccccc2)=C(C#N)[C@H]1c1ccccc1. The standard InChI is InChI=1S/C22H20N2OS/c1-15-20(16(2)25)21(18-11-7-4-8-12-18)19(13-23)22(24-15)26-14-17-9-5-3-6-10-17/h3-12,21,24H,14H2,1-2H3/t21-/m1/s1. The zero-order valence-electron chi connectivity index (χ0n) is 14.8. The van der Waals surface area contributed by atoms with Gasteiger partial charge >= 0.3 is 0 Å². The van der Waals surface area contributed by atoms with Gasteiger partial charge in [-0.25, -0.2) is 0 Å². The van der Waals surface area contributed by atoms with E-state index in [1.54, 1.807) is 18.7 Å². The number of hydrogen-bond donors (Lipinski definition) is 1. The van der Waals surface area contributed by atoms with E-state index in [2.05, 4.69) is 23.5 Å². The molecule has 1 N–H and O–H groups in total. The van der Waals surface area contributed by atoms with Crippen molar-refractivity contribution in [3.05, 3.63) is 93.7 Å². The summed E-state index contributed by atoms with van der Waals surface area (Å²) in [6.45, 7) is 3.47. The minimum Gasteiger partial charge on any atom is -0.353 e. The Balaban J connectivity index is 2.00. The van der Waals surface area contributed by atoms with Gasteiger partial charge < -0.3 is 5.32 Å². The number of hydrogen-bond acceptors (Lipinski definition) is 4. The normalized spacial score (nSPS) is 16.9. The van der Waals surface area contributed by atoms with Crippen molar-refractivity contribution < 1.29 is 4.79 Å². The lowest BCUT2D eigenvalue weighted by atomic mass is 9.81. The molecule has 3 rings (SSSR count). The van der Waals surface area contributed by atoms with Crippen molar-refractivity contribution in [3.8, 4) is 6.07 Å². The first-order valence-corrected chi connectivity index (χ1v) is 9.45. The molecule has 0 aliphatic carbocycles. The van der Waals surface area contributed by atoms with Crippen LogP contribution >= 0.6 is 11.8 Å². The minimum absolute atomic E-state index is 0.0105. The number of carbonyl (C=O) groups is 1. The van der Waals surface area contributed by atoms with Gasteiger partial charge in [-0.15, -0.1) is 11.8 Å². The number of carbonyl (C=O) groups excluding carboxylic acids is 1. The maximum absolute atomic E-state index is 12.3. The van der Waals surface area contributed by atoms with Gasteiger partial charge in [0.2, 0.25) is 0 Å². The molecule has 0 spiro atoms. The Labute approximate surface area is 158 Å². The predicted molar refractivity (Wildman–Crippen MR) is 106 cm³/mol. The number of allylic oxidation sites excluding steroid dienone is 3. The molecular formula is C22H20N2OS. The first-order chi connectivity index (χ1) is 12.6. The van der Waals surface area contributed by atoms with E-state index in [4.69, 9.17) is 0 Å². The van der Waals surface area contributed by atoms with Crippen LogP contribution in [0.15, 0.2) is 82.5 Å². The van der Waals surface area contributed by atoms with Crippen LogP contribution < -0.4 is 5.32 Å². The lowest BCUT2D eigenvalue weighted by molar-refractivity contribution is -0.113. The van der Waals surface area contributed by atoms with Gasteiger partial charge in [-0.3, -0.25) is 4.79 Å². The molecule has 2 aromatic rings. The quantitative estimate of drug-likeness (QED) is 0.823. The summed E-state index contributed by atoms with van der Waals surface area (Å²) in [4.78, 5) is 12.3. The molecule has 1 aliphatic heterocycles. The maximum Gasteiger partial charge on any atom is 0.158 e. The van der Waals surface area contributed by atoms with Gasteiger partial charge in [-0.05, 0) is 25.0 Å². The average Bonchev–Trinajstić information content (AvgIpc) is 2.67. The molecule has 130 valence electrons. The van der Waals surface area contributed by atoms with Gasteiger partial charge in [0.25, 0.3) is 0 Å². The van der Waals surface area contributed by atoms with Crippen LogP contribution in [0.3, 0.4) is 0 Å². The van der Waals surface area contributed by atoms with E-state index in [1.165, 1.54) is 5.56 Å². The molecule has 26 heavy (non-hydrogen) atoms. The molecule has 0 saturated carbocycles. The lowest BCUT2D eigenvalue weighted by Crippen LogP contribution is -2.27. The van der Waals surface area contributed by atoms with Crippen molar-refractivity contribution in [1.82, 2.24) is 5.32 Å². The molecule has 1 atom stereocenters. The third kappa shape index (κ3) is 3.74. The second-order valence-corrected chi connectivity index (χ2v) is 7.18. The Morgan fingerprint density at radius 3 is 2.31 bits per heavy atom. The van der Waals surface area contributed by atoms with Crippen LogP contribution in [0.5, 0.6) is 0 Å². The summed E-state index contributed by atoms with van der Waals surface area (Å²) in [5.74, 6) is 0.431. The van der Waals surface area contributed by atoms with E-state index < -0.39 is 0 Å². The zero-order chi connectivity index (χ0) is 18.5. The van der Waals surface area contributed by atoms with Crippen LogP contribution in [0.1, 0.15) is 30.9 Å². The Kier molecular flexibility index (Phi) is 5.60. The molecule has 0 unspecified atom stereocenters. The first kappa shape index (κ1) is 18.0. The van der Waals surface area contributed by atoms with E-state index >= 15 is 0 Å². The molecule has 0 bridgehead atoms. The molecule has 2 aromatic carbocycles. The summed E-state index contributed by atoms with van der Waals surface area (Å²) in [6.07, 6.45) is 0. The molecular weight excluding hydrogens is 340 g/mol. The largest absolute Gasteiger partial charge is 0.353 e. The average molecular weight is 360 g/mol. The van der Waals surface area contributed by atoms with Crippen molar-refractivity contribution in [2.75, 3.05) is 0 Å². The molecule has 0 fully saturated rings. The van der Waals surface area contributed by atoms with Crippen LogP contribution in [0.25, 0.3) is 0 Å². The van der Waals surface area contributed by atoms with Crippen molar-refractivity contribution in [1.29, 1.82) is 5.26 Å². The number of rotatable bonds is 5. The topological polar surface area (TPSA) is 52.9 Å². The molecule has 1 aliphatic rings. The van der Waals surface area contributed by atoms with Crippen LogP contribution in [0.4, 0.5) is 0 Å².